The second-order valence-corrected chi connectivity index (χ2v) is 7.49. The molecule has 1 aliphatic rings. The van der Waals surface area contributed by atoms with E-state index in [1.54, 1.807) is 0 Å². The Morgan fingerprint density at radius 2 is 1.04 bits per heavy atom. The monoisotopic (exact) mass is 327 g/mol. The molecule has 0 spiro atoms. The molecule has 1 fully saturated rings. The van der Waals surface area contributed by atoms with Gasteiger partial charge < -0.3 is 10.2 Å². The van der Waals surface area contributed by atoms with E-state index >= 15 is 0 Å². The highest BCUT2D eigenvalue weighted by atomic mass is 16.3. The summed E-state index contributed by atoms with van der Waals surface area (Å²) in [5, 5.41) is 22.4. The van der Waals surface area contributed by atoms with Gasteiger partial charge in [0.05, 0.1) is 0 Å². The number of nitrogens with one attached hydrogen (secondary N) is 1. The van der Waals surface area contributed by atoms with Crippen LogP contribution in [-0.4, -0.2) is 29.1 Å². The Bertz CT molecular complexity index is 252. The lowest BCUT2D eigenvalue weighted by Crippen LogP contribution is -2.46. The lowest BCUT2D eigenvalue weighted by Gasteiger charge is -2.33. The average Bonchev–Trinajstić information content (AvgIpc) is 2.56. The number of aliphatic hydroxyl groups excluding tert-OH is 1. The number of unbranched alkanes of at least 4 members (excludes halogenated alkanes) is 11. The van der Waals surface area contributed by atoms with Gasteiger partial charge in [-0.15, -0.1) is 0 Å². The standard InChI is InChI=1S/C20H41NO2/c22-19-15-10-8-6-4-2-1-3-5-7-9-14-18-21-20(23)16-12-11-13-17-20/h21-23H,1-19H2. The van der Waals surface area contributed by atoms with Crippen molar-refractivity contribution in [3.05, 3.63) is 0 Å². The van der Waals surface area contributed by atoms with Crippen LogP contribution in [0.5, 0.6) is 0 Å². The fraction of sp³-hybridized carbons (Fsp3) is 1.00. The first-order valence-electron chi connectivity index (χ1n) is 10.4. The molecule has 0 atom stereocenters. The summed E-state index contributed by atoms with van der Waals surface area (Å²) >= 11 is 0. The van der Waals surface area contributed by atoms with Crippen molar-refractivity contribution >= 4 is 0 Å². The van der Waals surface area contributed by atoms with Crippen LogP contribution in [0.25, 0.3) is 0 Å². The molecule has 3 nitrogen and oxygen atoms in total. The fourth-order valence-electron chi connectivity index (χ4n) is 3.64. The first-order valence-corrected chi connectivity index (χ1v) is 10.4. The number of rotatable bonds is 15. The molecule has 0 heterocycles. The summed E-state index contributed by atoms with van der Waals surface area (Å²) in [6.45, 7) is 1.33. The Balaban J connectivity index is 1.74. The Morgan fingerprint density at radius 3 is 1.52 bits per heavy atom. The largest absolute Gasteiger partial charge is 0.396 e. The van der Waals surface area contributed by atoms with E-state index in [9.17, 15) is 5.11 Å². The molecular weight excluding hydrogens is 286 g/mol. The predicted octanol–water partition coefficient (Wildman–Crippen LogP) is 4.90. The van der Waals surface area contributed by atoms with Gasteiger partial charge in [-0.25, -0.2) is 0 Å². The highest BCUT2D eigenvalue weighted by Gasteiger charge is 2.27. The lowest BCUT2D eigenvalue weighted by molar-refractivity contribution is -0.0278. The van der Waals surface area contributed by atoms with Gasteiger partial charge in [0.2, 0.25) is 0 Å². The zero-order valence-electron chi connectivity index (χ0n) is 15.3. The van der Waals surface area contributed by atoms with Crippen molar-refractivity contribution in [2.24, 2.45) is 0 Å². The van der Waals surface area contributed by atoms with Crippen molar-refractivity contribution in [3.63, 3.8) is 0 Å². The topological polar surface area (TPSA) is 52.5 Å². The molecule has 0 aromatic rings. The summed E-state index contributed by atoms with van der Waals surface area (Å²) in [6, 6.07) is 0. The van der Waals surface area contributed by atoms with Crippen LogP contribution in [0, 0.1) is 0 Å². The molecule has 1 saturated carbocycles. The van der Waals surface area contributed by atoms with Crippen LogP contribution in [0.1, 0.15) is 109 Å². The molecule has 0 aromatic heterocycles. The van der Waals surface area contributed by atoms with Crippen LogP contribution in [0.15, 0.2) is 0 Å². The van der Waals surface area contributed by atoms with Gasteiger partial charge in [0, 0.05) is 6.61 Å². The molecule has 1 aliphatic carbocycles. The van der Waals surface area contributed by atoms with E-state index in [-0.39, 0.29) is 0 Å². The van der Waals surface area contributed by atoms with Gasteiger partial charge in [0.25, 0.3) is 0 Å². The minimum absolute atomic E-state index is 0.356. The molecule has 0 aliphatic heterocycles. The van der Waals surface area contributed by atoms with E-state index < -0.39 is 5.72 Å². The first kappa shape index (κ1) is 20.9. The second kappa shape index (κ2) is 14.2. The van der Waals surface area contributed by atoms with Crippen molar-refractivity contribution in [3.8, 4) is 0 Å². The maximum absolute atomic E-state index is 10.3. The Kier molecular flexibility index (Phi) is 13.0. The quantitative estimate of drug-likeness (QED) is 0.296. The molecule has 23 heavy (non-hydrogen) atoms. The molecule has 0 radical (unpaired) electrons. The van der Waals surface area contributed by atoms with Crippen LogP contribution >= 0.6 is 0 Å². The molecule has 0 bridgehead atoms. The van der Waals surface area contributed by atoms with Crippen LogP contribution in [0.3, 0.4) is 0 Å². The van der Waals surface area contributed by atoms with Crippen LogP contribution in [-0.2, 0) is 0 Å². The summed E-state index contributed by atoms with van der Waals surface area (Å²) in [5.41, 5.74) is -0.546. The summed E-state index contributed by atoms with van der Waals surface area (Å²) in [7, 11) is 0. The van der Waals surface area contributed by atoms with Gasteiger partial charge in [0.1, 0.15) is 5.72 Å². The van der Waals surface area contributed by atoms with Crippen LogP contribution in [0.4, 0.5) is 0 Å². The minimum Gasteiger partial charge on any atom is -0.396 e. The third-order valence-corrected chi connectivity index (χ3v) is 5.22. The van der Waals surface area contributed by atoms with Gasteiger partial charge in [0.15, 0.2) is 0 Å². The second-order valence-electron chi connectivity index (χ2n) is 7.49. The summed E-state index contributed by atoms with van der Waals surface area (Å²) < 4.78 is 0. The van der Waals surface area contributed by atoms with E-state index in [2.05, 4.69) is 5.32 Å². The Morgan fingerprint density at radius 1 is 0.609 bits per heavy atom. The zero-order valence-corrected chi connectivity index (χ0v) is 15.3. The normalized spacial score (nSPS) is 17.5. The van der Waals surface area contributed by atoms with E-state index in [1.165, 1.54) is 89.9 Å². The van der Waals surface area contributed by atoms with E-state index in [4.69, 9.17) is 5.11 Å². The van der Waals surface area contributed by atoms with Crippen molar-refractivity contribution in [2.75, 3.05) is 13.2 Å². The Hall–Kier alpha value is -0.120. The fourth-order valence-corrected chi connectivity index (χ4v) is 3.64. The van der Waals surface area contributed by atoms with Gasteiger partial charge in [-0.2, -0.15) is 0 Å². The summed E-state index contributed by atoms with van der Waals surface area (Å²) in [4.78, 5) is 0. The molecule has 3 N–H and O–H groups in total. The zero-order chi connectivity index (χ0) is 16.6. The van der Waals surface area contributed by atoms with E-state index in [0.29, 0.717) is 6.61 Å². The van der Waals surface area contributed by atoms with Gasteiger partial charge in [-0.3, -0.25) is 5.32 Å². The number of aliphatic hydroxyl groups is 2. The highest BCUT2D eigenvalue weighted by Crippen LogP contribution is 2.25. The van der Waals surface area contributed by atoms with Crippen LogP contribution < -0.4 is 5.32 Å². The van der Waals surface area contributed by atoms with E-state index in [0.717, 1.165) is 25.8 Å². The van der Waals surface area contributed by atoms with E-state index in [1.807, 2.05) is 0 Å². The maximum atomic E-state index is 10.3. The van der Waals surface area contributed by atoms with Crippen molar-refractivity contribution in [1.82, 2.24) is 5.32 Å². The maximum Gasteiger partial charge on any atom is 0.116 e. The lowest BCUT2D eigenvalue weighted by atomic mass is 9.91. The molecular formula is C20H41NO2. The van der Waals surface area contributed by atoms with Gasteiger partial charge >= 0.3 is 0 Å². The van der Waals surface area contributed by atoms with Crippen LogP contribution in [0.2, 0.25) is 0 Å². The molecule has 0 saturated heterocycles. The molecule has 0 aromatic carbocycles. The first-order chi connectivity index (χ1) is 11.3. The smallest absolute Gasteiger partial charge is 0.116 e. The van der Waals surface area contributed by atoms with Crippen molar-refractivity contribution in [1.29, 1.82) is 0 Å². The minimum atomic E-state index is -0.546. The number of hydrogen-bond donors (Lipinski definition) is 3. The Labute approximate surface area is 144 Å². The highest BCUT2D eigenvalue weighted by molar-refractivity contribution is 4.79. The number of hydrogen-bond acceptors (Lipinski definition) is 3. The molecule has 1 rings (SSSR count). The predicted molar refractivity (Wildman–Crippen MR) is 98.5 cm³/mol. The van der Waals surface area contributed by atoms with Crippen molar-refractivity contribution < 1.29 is 10.2 Å². The molecule has 138 valence electrons. The molecule has 0 unspecified atom stereocenters. The summed E-state index contributed by atoms with van der Waals surface area (Å²) in [5.74, 6) is 0. The third-order valence-electron chi connectivity index (χ3n) is 5.22. The SMILES string of the molecule is OCCCCCCCCCCCCCCNC1(O)CCCCC1. The summed E-state index contributed by atoms with van der Waals surface area (Å²) in [6.07, 6.45) is 21.0. The van der Waals surface area contributed by atoms with Gasteiger partial charge in [-0.1, -0.05) is 70.6 Å². The third kappa shape index (κ3) is 12.0. The average molecular weight is 328 g/mol. The molecule has 0 amide bonds. The van der Waals surface area contributed by atoms with Gasteiger partial charge in [-0.05, 0) is 45.1 Å². The molecule has 3 heteroatoms. The van der Waals surface area contributed by atoms with Crippen molar-refractivity contribution in [2.45, 2.75) is 115 Å².